The third-order valence-electron chi connectivity index (χ3n) is 3.76. The number of phenols is 1. The van der Waals surface area contributed by atoms with E-state index in [0.717, 1.165) is 0 Å². The Morgan fingerprint density at radius 2 is 2.04 bits per heavy atom. The average molecular weight is 367 g/mol. The second kappa shape index (κ2) is 10.5. The smallest absolute Gasteiger partial charge is 0.185 e. The molecule has 0 atom stereocenters. The maximum Gasteiger partial charge on any atom is 0.185 e. The molecular weight excluding hydrogens is 346 g/mol. The van der Waals surface area contributed by atoms with Crippen LogP contribution in [0, 0.1) is 0 Å². The number of unbranched alkanes of at least 4 members (excludes halogenated alkanes) is 1. The Morgan fingerprint density at radius 1 is 1.26 bits per heavy atom. The zero-order valence-electron chi connectivity index (χ0n) is 15.0. The molecular formula is C20H21N3O4. The van der Waals surface area contributed by atoms with Crippen LogP contribution in [0.15, 0.2) is 53.7 Å². The van der Waals surface area contributed by atoms with Crippen molar-refractivity contribution >= 4 is 11.9 Å². The molecule has 0 aliphatic carbocycles. The fourth-order valence-corrected chi connectivity index (χ4v) is 2.36. The first-order valence-corrected chi connectivity index (χ1v) is 8.48. The van der Waals surface area contributed by atoms with Gasteiger partial charge in [-0.2, -0.15) is 0 Å². The van der Waals surface area contributed by atoms with Crippen LogP contribution in [0.3, 0.4) is 0 Å². The summed E-state index contributed by atoms with van der Waals surface area (Å²) in [5.74, 6) is 0.637. The minimum Gasteiger partial charge on any atom is -0.507 e. The van der Waals surface area contributed by atoms with E-state index in [4.69, 9.17) is 15.0 Å². The summed E-state index contributed by atoms with van der Waals surface area (Å²) in [6, 6.07) is 12.0. The van der Waals surface area contributed by atoms with Crippen LogP contribution in [0.5, 0.6) is 17.2 Å². The number of phenolic OH excluding ortho intramolecular Hbond substituents is 1. The van der Waals surface area contributed by atoms with E-state index in [0.29, 0.717) is 48.6 Å². The van der Waals surface area contributed by atoms with Gasteiger partial charge in [0.15, 0.2) is 5.78 Å². The fourth-order valence-electron chi connectivity index (χ4n) is 2.36. The van der Waals surface area contributed by atoms with Crippen molar-refractivity contribution in [1.82, 2.24) is 0 Å². The second-order valence-corrected chi connectivity index (χ2v) is 5.63. The van der Waals surface area contributed by atoms with Crippen LogP contribution in [0.1, 0.15) is 28.8 Å². The van der Waals surface area contributed by atoms with Gasteiger partial charge in [-0.05, 0) is 30.5 Å². The number of benzene rings is 2. The molecule has 2 aromatic carbocycles. The van der Waals surface area contributed by atoms with Crippen molar-refractivity contribution in [3.05, 3.63) is 70.1 Å². The highest BCUT2D eigenvalue weighted by atomic mass is 16.5. The number of allylic oxidation sites excluding steroid dienone is 1. The Balaban J connectivity index is 2.14. The second-order valence-electron chi connectivity index (χ2n) is 5.63. The van der Waals surface area contributed by atoms with Crippen LogP contribution in [-0.2, 0) is 0 Å². The van der Waals surface area contributed by atoms with Crippen molar-refractivity contribution in [2.24, 2.45) is 5.11 Å². The van der Waals surface area contributed by atoms with Crippen LogP contribution >= 0.6 is 0 Å². The van der Waals surface area contributed by atoms with E-state index in [1.807, 2.05) is 6.07 Å². The number of azide groups is 1. The Morgan fingerprint density at radius 3 is 2.74 bits per heavy atom. The van der Waals surface area contributed by atoms with Gasteiger partial charge < -0.3 is 14.6 Å². The number of rotatable bonds is 10. The molecule has 7 heteroatoms. The molecule has 0 saturated carbocycles. The molecule has 2 aromatic rings. The molecule has 0 heterocycles. The molecule has 0 saturated heterocycles. The molecule has 0 aliphatic heterocycles. The zero-order valence-corrected chi connectivity index (χ0v) is 15.0. The van der Waals surface area contributed by atoms with E-state index in [1.165, 1.54) is 25.3 Å². The van der Waals surface area contributed by atoms with Crippen LogP contribution in [0.2, 0.25) is 0 Å². The number of ether oxygens (including phenoxy) is 2. The van der Waals surface area contributed by atoms with E-state index < -0.39 is 0 Å². The average Bonchev–Trinajstić information content (AvgIpc) is 2.70. The Hall–Kier alpha value is -3.44. The number of ketones is 1. The lowest BCUT2D eigenvalue weighted by atomic mass is 10.1. The Bertz CT molecular complexity index is 844. The van der Waals surface area contributed by atoms with Gasteiger partial charge in [0.1, 0.15) is 17.2 Å². The van der Waals surface area contributed by atoms with Crippen molar-refractivity contribution in [3.8, 4) is 17.2 Å². The summed E-state index contributed by atoms with van der Waals surface area (Å²) in [5.41, 5.74) is 9.22. The summed E-state index contributed by atoms with van der Waals surface area (Å²) in [6.07, 6.45) is 4.30. The number of aromatic hydroxyl groups is 1. The highest BCUT2D eigenvalue weighted by Gasteiger charge is 2.11. The molecule has 7 nitrogen and oxygen atoms in total. The maximum atomic E-state index is 12.3. The molecule has 27 heavy (non-hydrogen) atoms. The molecule has 0 unspecified atom stereocenters. The molecule has 0 radical (unpaired) electrons. The quantitative estimate of drug-likeness (QED) is 0.163. The summed E-state index contributed by atoms with van der Waals surface area (Å²) >= 11 is 0. The molecule has 140 valence electrons. The monoisotopic (exact) mass is 367 g/mol. The standard InChI is InChI=1S/C20H21N3O4/c1-26-16-13-19(25)17(9-10-18(24)15-7-3-2-4-8-15)20(14-16)27-12-6-5-11-22-23-21/h2-4,7-10,13-14,25H,5-6,11-12H2,1H3. The van der Waals surface area contributed by atoms with E-state index in [2.05, 4.69) is 10.0 Å². The Labute approximate surface area is 157 Å². The first-order chi connectivity index (χ1) is 13.2. The molecule has 0 aliphatic rings. The number of methoxy groups -OCH3 is 1. The van der Waals surface area contributed by atoms with Crippen molar-refractivity contribution in [2.75, 3.05) is 20.3 Å². The van der Waals surface area contributed by atoms with Gasteiger partial charge in [0.2, 0.25) is 0 Å². The van der Waals surface area contributed by atoms with Crippen LogP contribution in [0.4, 0.5) is 0 Å². The summed E-state index contributed by atoms with van der Waals surface area (Å²) in [5, 5.41) is 13.8. The summed E-state index contributed by atoms with van der Waals surface area (Å²) < 4.78 is 10.9. The van der Waals surface area contributed by atoms with E-state index >= 15 is 0 Å². The van der Waals surface area contributed by atoms with Crippen molar-refractivity contribution in [2.45, 2.75) is 12.8 Å². The van der Waals surface area contributed by atoms with Gasteiger partial charge in [-0.15, -0.1) is 0 Å². The highest BCUT2D eigenvalue weighted by molar-refractivity contribution is 6.07. The summed E-state index contributed by atoms with van der Waals surface area (Å²) in [7, 11) is 1.49. The molecule has 0 bridgehead atoms. The van der Waals surface area contributed by atoms with E-state index in [1.54, 1.807) is 30.3 Å². The van der Waals surface area contributed by atoms with Gasteiger partial charge in [0, 0.05) is 29.2 Å². The lowest BCUT2D eigenvalue weighted by Crippen LogP contribution is -2.01. The predicted octanol–water partition coefficient (Wildman–Crippen LogP) is 4.77. The number of carbonyl (C=O) groups is 1. The van der Waals surface area contributed by atoms with Gasteiger partial charge in [-0.1, -0.05) is 35.4 Å². The first-order valence-electron chi connectivity index (χ1n) is 8.48. The van der Waals surface area contributed by atoms with E-state index in [-0.39, 0.29) is 11.5 Å². The van der Waals surface area contributed by atoms with Gasteiger partial charge in [-0.25, -0.2) is 0 Å². The third-order valence-corrected chi connectivity index (χ3v) is 3.76. The Kier molecular flexibility index (Phi) is 7.75. The zero-order chi connectivity index (χ0) is 19.5. The molecule has 1 N–H and O–H groups in total. The number of nitrogens with zero attached hydrogens (tertiary/aromatic N) is 3. The fraction of sp³-hybridized carbons (Fsp3) is 0.250. The molecule has 0 fully saturated rings. The van der Waals surface area contributed by atoms with Gasteiger partial charge >= 0.3 is 0 Å². The van der Waals surface area contributed by atoms with Gasteiger partial charge in [0.25, 0.3) is 0 Å². The predicted molar refractivity (Wildman–Crippen MR) is 103 cm³/mol. The maximum absolute atomic E-state index is 12.3. The summed E-state index contributed by atoms with van der Waals surface area (Å²) in [4.78, 5) is 15.0. The number of carbonyl (C=O) groups excluding carboxylic acids is 1. The normalized spacial score (nSPS) is 10.4. The number of hydrogen-bond acceptors (Lipinski definition) is 5. The summed E-state index contributed by atoms with van der Waals surface area (Å²) in [6.45, 7) is 0.780. The topological polar surface area (TPSA) is 105 Å². The lowest BCUT2D eigenvalue weighted by Gasteiger charge is -2.12. The lowest BCUT2D eigenvalue weighted by molar-refractivity contribution is 0.104. The number of hydrogen-bond donors (Lipinski definition) is 1. The molecule has 0 aromatic heterocycles. The highest BCUT2D eigenvalue weighted by Crippen LogP contribution is 2.34. The third kappa shape index (κ3) is 6.09. The van der Waals surface area contributed by atoms with Crippen LogP contribution < -0.4 is 9.47 Å². The molecule has 0 amide bonds. The van der Waals surface area contributed by atoms with E-state index in [9.17, 15) is 9.90 Å². The minimum absolute atomic E-state index is 0.0458. The molecule has 2 rings (SSSR count). The van der Waals surface area contributed by atoms with Crippen LogP contribution in [-0.4, -0.2) is 31.2 Å². The molecule has 0 spiro atoms. The first kappa shape index (κ1) is 19.9. The van der Waals surface area contributed by atoms with Crippen LogP contribution in [0.25, 0.3) is 16.5 Å². The SMILES string of the molecule is COc1cc(O)c(C=CC(=O)c2ccccc2)c(OCCCCN=[N+]=[N-])c1. The van der Waals surface area contributed by atoms with Crippen molar-refractivity contribution in [1.29, 1.82) is 0 Å². The van der Waals surface area contributed by atoms with Crippen molar-refractivity contribution in [3.63, 3.8) is 0 Å². The van der Waals surface area contributed by atoms with Gasteiger partial charge in [0.05, 0.1) is 19.3 Å². The van der Waals surface area contributed by atoms with Crippen molar-refractivity contribution < 1.29 is 19.4 Å². The minimum atomic E-state index is -0.175. The largest absolute Gasteiger partial charge is 0.507 e. The van der Waals surface area contributed by atoms with Gasteiger partial charge in [-0.3, -0.25) is 4.79 Å².